The highest BCUT2D eigenvalue weighted by Crippen LogP contribution is 2.28. The van der Waals surface area contributed by atoms with Crippen LogP contribution in [0, 0.1) is 11.7 Å². The second-order valence-corrected chi connectivity index (χ2v) is 5.41. The molecule has 2 amide bonds. The van der Waals surface area contributed by atoms with Gasteiger partial charge in [0.1, 0.15) is 11.9 Å². The Labute approximate surface area is 118 Å². The van der Waals surface area contributed by atoms with Crippen molar-refractivity contribution in [2.45, 2.75) is 32.9 Å². The van der Waals surface area contributed by atoms with Gasteiger partial charge in [-0.1, -0.05) is 32.0 Å². The molecule has 0 aliphatic carbocycles. The lowest BCUT2D eigenvalue weighted by atomic mass is 9.95. The summed E-state index contributed by atoms with van der Waals surface area (Å²) in [6, 6.07) is 5.32. The van der Waals surface area contributed by atoms with E-state index in [2.05, 4.69) is 5.32 Å². The molecule has 0 bridgehead atoms. The van der Waals surface area contributed by atoms with Gasteiger partial charge < -0.3 is 10.2 Å². The van der Waals surface area contributed by atoms with Gasteiger partial charge in [-0.05, 0) is 18.9 Å². The van der Waals surface area contributed by atoms with Gasteiger partial charge in [0.2, 0.25) is 11.8 Å². The smallest absolute Gasteiger partial charge is 0.243 e. The Kier molecular flexibility index (Phi) is 4.06. The Morgan fingerprint density at radius 2 is 1.90 bits per heavy atom. The summed E-state index contributed by atoms with van der Waals surface area (Å²) in [5.74, 6) is -0.753. The summed E-state index contributed by atoms with van der Waals surface area (Å²) in [6.07, 6.45) is 0. The Bertz CT molecular complexity index is 530. The van der Waals surface area contributed by atoms with Crippen LogP contribution in [-0.2, 0) is 9.59 Å². The maximum Gasteiger partial charge on any atom is 0.243 e. The maximum atomic E-state index is 13.9. The predicted molar refractivity (Wildman–Crippen MR) is 73.3 cm³/mol. The van der Waals surface area contributed by atoms with Crippen molar-refractivity contribution in [3.63, 3.8) is 0 Å². The van der Waals surface area contributed by atoms with Crippen LogP contribution in [0.1, 0.15) is 32.4 Å². The van der Waals surface area contributed by atoms with Crippen molar-refractivity contribution in [3.05, 3.63) is 35.6 Å². The molecule has 1 fully saturated rings. The van der Waals surface area contributed by atoms with Crippen LogP contribution < -0.4 is 5.32 Å². The molecule has 2 rings (SSSR count). The molecule has 5 heteroatoms. The molecule has 1 aromatic carbocycles. The van der Waals surface area contributed by atoms with Crippen LogP contribution >= 0.6 is 0 Å². The Balaban J connectivity index is 2.38. The summed E-state index contributed by atoms with van der Waals surface area (Å²) in [7, 11) is 0. The van der Waals surface area contributed by atoms with E-state index < -0.39 is 12.1 Å². The van der Waals surface area contributed by atoms with Gasteiger partial charge >= 0.3 is 0 Å². The highest BCUT2D eigenvalue weighted by molar-refractivity contribution is 5.95. The first-order chi connectivity index (χ1) is 9.43. The molecule has 1 heterocycles. The van der Waals surface area contributed by atoms with Gasteiger partial charge in [-0.15, -0.1) is 0 Å². The van der Waals surface area contributed by atoms with E-state index in [0.717, 1.165) is 0 Å². The number of piperazine rings is 1. The van der Waals surface area contributed by atoms with Gasteiger partial charge in [0.25, 0.3) is 0 Å². The SMILES string of the molecule is CC(C)C1C(=O)NCC(=O)N1C(C)c1ccccc1F. The topological polar surface area (TPSA) is 49.4 Å². The van der Waals surface area contributed by atoms with Crippen LogP contribution in [-0.4, -0.2) is 29.3 Å². The molecule has 2 atom stereocenters. The number of carbonyl (C=O) groups excluding carboxylic acids is 2. The minimum Gasteiger partial charge on any atom is -0.345 e. The third kappa shape index (κ3) is 2.53. The number of hydrogen-bond donors (Lipinski definition) is 1. The van der Waals surface area contributed by atoms with E-state index in [-0.39, 0.29) is 30.1 Å². The van der Waals surface area contributed by atoms with Gasteiger partial charge in [0, 0.05) is 5.56 Å². The number of hydrogen-bond acceptors (Lipinski definition) is 2. The molecule has 1 N–H and O–H groups in total. The summed E-state index contributed by atoms with van der Waals surface area (Å²) in [6.45, 7) is 5.49. The number of nitrogens with zero attached hydrogens (tertiary/aromatic N) is 1. The van der Waals surface area contributed by atoms with Crippen LogP contribution in [0.15, 0.2) is 24.3 Å². The van der Waals surface area contributed by atoms with Gasteiger partial charge in [0.05, 0.1) is 12.6 Å². The van der Waals surface area contributed by atoms with E-state index in [9.17, 15) is 14.0 Å². The number of nitrogens with one attached hydrogen (secondary N) is 1. The molecule has 20 heavy (non-hydrogen) atoms. The monoisotopic (exact) mass is 278 g/mol. The van der Waals surface area contributed by atoms with E-state index in [4.69, 9.17) is 0 Å². The first kappa shape index (κ1) is 14.5. The van der Waals surface area contributed by atoms with Gasteiger partial charge in [-0.2, -0.15) is 0 Å². The summed E-state index contributed by atoms with van der Waals surface area (Å²) < 4.78 is 13.9. The highest BCUT2D eigenvalue weighted by atomic mass is 19.1. The van der Waals surface area contributed by atoms with E-state index >= 15 is 0 Å². The van der Waals surface area contributed by atoms with Crippen molar-refractivity contribution in [2.24, 2.45) is 5.92 Å². The summed E-state index contributed by atoms with van der Waals surface area (Å²) >= 11 is 0. The molecule has 4 nitrogen and oxygen atoms in total. The Morgan fingerprint density at radius 1 is 1.25 bits per heavy atom. The molecule has 0 aromatic heterocycles. The fourth-order valence-corrected chi connectivity index (χ4v) is 2.68. The molecule has 2 unspecified atom stereocenters. The minimum atomic E-state index is -0.564. The number of carbonyl (C=O) groups is 2. The van der Waals surface area contributed by atoms with Gasteiger partial charge in [0.15, 0.2) is 0 Å². The normalized spacial score (nSPS) is 21.1. The average Bonchev–Trinajstić information content (AvgIpc) is 2.40. The van der Waals surface area contributed by atoms with Crippen LogP contribution in [0.2, 0.25) is 0 Å². The van der Waals surface area contributed by atoms with Gasteiger partial charge in [-0.25, -0.2) is 4.39 Å². The molecular weight excluding hydrogens is 259 g/mol. The number of benzene rings is 1. The van der Waals surface area contributed by atoms with Crippen LogP contribution in [0.3, 0.4) is 0 Å². The van der Waals surface area contributed by atoms with Crippen molar-refractivity contribution in [3.8, 4) is 0 Å². The molecule has 0 spiro atoms. The zero-order valence-corrected chi connectivity index (χ0v) is 11.9. The fraction of sp³-hybridized carbons (Fsp3) is 0.467. The number of halogens is 1. The molecule has 1 aromatic rings. The summed E-state index contributed by atoms with van der Waals surface area (Å²) in [5, 5.41) is 2.59. The average molecular weight is 278 g/mol. The maximum absolute atomic E-state index is 13.9. The molecule has 0 saturated carbocycles. The fourth-order valence-electron chi connectivity index (χ4n) is 2.68. The summed E-state index contributed by atoms with van der Waals surface area (Å²) in [4.78, 5) is 25.7. The van der Waals surface area contributed by atoms with Crippen molar-refractivity contribution in [1.29, 1.82) is 0 Å². The van der Waals surface area contributed by atoms with Crippen molar-refractivity contribution in [1.82, 2.24) is 10.2 Å². The van der Waals surface area contributed by atoms with E-state index in [0.29, 0.717) is 5.56 Å². The lowest BCUT2D eigenvalue weighted by Gasteiger charge is -2.41. The van der Waals surface area contributed by atoms with Crippen LogP contribution in [0.4, 0.5) is 4.39 Å². The molecule has 1 aliphatic heterocycles. The molecule has 0 radical (unpaired) electrons. The Hall–Kier alpha value is -1.91. The first-order valence-electron chi connectivity index (χ1n) is 6.76. The van der Waals surface area contributed by atoms with E-state index in [1.165, 1.54) is 11.0 Å². The molecule has 1 saturated heterocycles. The zero-order chi connectivity index (χ0) is 14.9. The third-order valence-corrected chi connectivity index (χ3v) is 3.67. The van der Waals surface area contributed by atoms with Crippen LogP contribution in [0.25, 0.3) is 0 Å². The second kappa shape index (κ2) is 5.61. The minimum absolute atomic E-state index is 0.0269. The number of amides is 2. The summed E-state index contributed by atoms with van der Waals surface area (Å²) in [5.41, 5.74) is 0.432. The predicted octanol–water partition coefficient (Wildman–Crippen LogP) is 1.87. The van der Waals surface area contributed by atoms with E-state index in [1.807, 2.05) is 13.8 Å². The molecule has 108 valence electrons. The Morgan fingerprint density at radius 3 is 2.50 bits per heavy atom. The number of rotatable bonds is 3. The largest absolute Gasteiger partial charge is 0.345 e. The quantitative estimate of drug-likeness (QED) is 0.917. The van der Waals surface area contributed by atoms with Crippen LogP contribution in [0.5, 0.6) is 0 Å². The van der Waals surface area contributed by atoms with Crippen molar-refractivity contribution >= 4 is 11.8 Å². The lowest BCUT2D eigenvalue weighted by molar-refractivity contribution is -0.150. The third-order valence-electron chi connectivity index (χ3n) is 3.67. The van der Waals surface area contributed by atoms with E-state index in [1.54, 1.807) is 25.1 Å². The zero-order valence-electron chi connectivity index (χ0n) is 11.9. The molecule has 1 aliphatic rings. The first-order valence-corrected chi connectivity index (χ1v) is 6.76. The lowest BCUT2D eigenvalue weighted by Crippen LogP contribution is -2.60. The van der Waals surface area contributed by atoms with Gasteiger partial charge in [-0.3, -0.25) is 9.59 Å². The molecular formula is C15H19FN2O2. The standard InChI is InChI=1S/C15H19FN2O2/c1-9(2)14-15(20)17-8-13(19)18(14)10(3)11-6-4-5-7-12(11)16/h4-7,9-10,14H,8H2,1-3H3,(H,17,20). The van der Waals surface area contributed by atoms with Crippen molar-refractivity contribution < 1.29 is 14.0 Å². The second-order valence-electron chi connectivity index (χ2n) is 5.41. The highest BCUT2D eigenvalue weighted by Gasteiger charge is 2.39. The van der Waals surface area contributed by atoms with Crippen molar-refractivity contribution in [2.75, 3.05) is 6.54 Å².